The second-order valence-electron chi connectivity index (χ2n) is 5.23. The highest BCUT2D eigenvalue weighted by Gasteiger charge is 2.31. The predicted octanol–water partition coefficient (Wildman–Crippen LogP) is 2.04. The van der Waals surface area contributed by atoms with Gasteiger partial charge in [0.05, 0.1) is 12.7 Å². The van der Waals surface area contributed by atoms with E-state index in [2.05, 4.69) is 12.2 Å². The van der Waals surface area contributed by atoms with Gasteiger partial charge in [-0.3, -0.25) is 0 Å². The Morgan fingerprint density at radius 1 is 1.33 bits per heavy atom. The summed E-state index contributed by atoms with van der Waals surface area (Å²) in [6.07, 6.45) is 2.12. The third kappa shape index (κ3) is 3.80. The molecule has 2 unspecified atom stereocenters. The summed E-state index contributed by atoms with van der Waals surface area (Å²) in [5.74, 6) is 0.732. The molecular formula is C15H23NO2. The smallest absolute Gasteiger partial charge is 0.0914 e. The Morgan fingerprint density at radius 2 is 2.00 bits per heavy atom. The first kappa shape index (κ1) is 13.5. The summed E-state index contributed by atoms with van der Waals surface area (Å²) in [6, 6.07) is 8.43. The molecule has 0 aliphatic heterocycles. The Hall–Kier alpha value is -0.900. The van der Waals surface area contributed by atoms with Gasteiger partial charge in [-0.1, -0.05) is 29.8 Å². The lowest BCUT2D eigenvalue weighted by atomic mass is 10.1. The van der Waals surface area contributed by atoms with E-state index in [1.54, 1.807) is 7.11 Å². The Labute approximate surface area is 109 Å². The Morgan fingerprint density at radius 3 is 2.56 bits per heavy atom. The van der Waals surface area contributed by atoms with E-state index in [1.165, 1.54) is 18.4 Å². The van der Waals surface area contributed by atoms with Crippen molar-refractivity contribution in [3.05, 3.63) is 35.4 Å². The van der Waals surface area contributed by atoms with E-state index >= 15 is 0 Å². The lowest BCUT2D eigenvalue weighted by Crippen LogP contribution is -2.37. The van der Waals surface area contributed by atoms with Crippen molar-refractivity contribution in [3.8, 4) is 0 Å². The van der Waals surface area contributed by atoms with Crippen molar-refractivity contribution in [2.45, 2.75) is 31.9 Å². The standard InChI is InChI=1S/C15H23NO2/c1-11-3-5-13(6-4-11)15(17)9-16-14(10-18-2)12-7-8-12/h3-6,12,14-17H,7-10H2,1-2H3. The van der Waals surface area contributed by atoms with Crippen molar-refractivity contribution < 1.29 is 9.84 Å². The van der Waals surface area contributed by atoms with Crippen LogP contribution in [0.25, 0.3) is 0 Å². The summed E-state index contributed by atoms with van der Waals surface area (Å²) in [5, 5.41) is 13.5. The molecular weight excluding hydrogens is 226 g/mol. The fraction of sp³-hybridized carbons (Fsp3) is 0.600. The molecule has 2 atom stereocenters. The van der Waals surface area contributed by atoms with Gasteiger partial charge in [-0.25, -0.2) is 0 Å². The molecule has 1 aliphatic rings. The summed E-state index contributed by atoms with van der Waals surface area (Å²) in [5.41, 5.74) is 2.19. The van der Waals surface area contributed by atoms with Crippen LogP contribution in [0.5, 0.6) is 0 Å². The average molecular weight is 249 g/mol. The van der Waals surface area contributed by atoms with Crippen molar-refractivity contribution in [1.82, 2.24) is 5.32 Å². The molecule has 18 heavy (non-hydrogen) atoms. The minimum Gasteiger partial charge on any atom is -0.387 e. The molecule has 0 bridgehead atoms. The first-order valence-electron chi connectivity index (χ1n) is 6.67. The van der Waals surface area contributed by atoms with Gasteiger partial charge in [0.25, 0.3) is 0 Å². The van der Waals surface area contributed by atoms with Gasteiger partial charge in [0.15, 0.2) is 0 Å². The number of methoxy groups -OCH3 is 1. The summed E-state index contributed by atoms with van der Waals surface area (Å²) in [7, 11) is 1.73. The molecule has 1 aromatic carbocycles. The molecule has 0 aromatic heterocycles. The molecule has 0 heterocycles. The summed E-state index contributed by atoms with van der Waals surface area (Å²) < 4.78 is 5.21. The number of nitrogens with one attached hydrogen (secondary N) is 1. The zero-order valence-electron chi connectivity index (χ0n) is 11.2. The highest BCUT2D eigenvalue weighted by Crippen LogP contribution is 2.32. The summed E-state index contributed by atoms with van der Waals surface area (Å²) >= 11 is 0. The van der Waals surface area contributed by atoms with Gasteiger partial charge in [-0.15, -0.1) is 0 Å². The Bertz CT molecular complexity index is 359. The highest BCUT2D eigenvalue weighted by molar-refractivity contribution is 5.23. The minimum atomic E-state index is -0.441. The van der Waals surface area contributed by atoms with Crippen LogP contribution in [0.3, 0.4) is 0 Å². The van der Waals surface area contributed by atoms with Gasteiger partial charge in [0.2, 0.25) is 0 Å². The Balaban J connectivity index is 1.82. The molecule has 0 radical (unpaired) electrons. The van der Waals surface area contributed by atoms with Gasteiger partial charge >= 0.3 is 0 Å². The van der Waals surface area contributed by atoms with E-state index in [-0.39, 0.29) is 0 Å². The fourth-order valence-corrected chi connectivity index (χ4v) is 2.21. The maximum absolute atomic E-state index is 10.1. The molecule has 100 valence electrons. The van der Waals surface area contributed by atoms with Gasteiger partial charge in [-0.05, 0) is 31.2 Å². The third-order valence-corrected chi connectivity index (χ3v) is 3.57. The number of aliphatic hydroxyl groups excluding tert-OH is 1. The molecule has 1 saturated carbocycles. The van der Waals surface area contributed by atoms with Crippen LogP contribution in [0.15, 0.2) is 24.3 Å². The van der Waals surface area contributed by atoms with E-state index < -0.39 is 6.10 Å². The summed E-state index contributed by atoms with van der Waals surface area (Å²) in [4.78, 5) is 0. The van der Waals surface area contributed by atoms with Crippen LogP contribution in [0, 0.1) is 12.8 Å². The van der Waals surface area contributed by atoms with Crippen molar-refractivity contribution in [1.29, 1.82) is 0 Å². The van der Waals surface area contributed by atoms with Crippen LogP contribution in [0.1, 0.15) is 30.1 Å². The van der Waals surface area contributed by atoms with E-state index in [4.69, 9.17) is 4.74 Å². The lowest BCUT2D eigenvalue weighted by molar-refractivity contribution is 0.132. The highest BCUT2D eigenvalue weighted by atomic mass is 16.5. The van der Waals surface area contributed by atoms with Crippen molar-refractivity contribution in [3.63, 3.8) is 0 Å². The maximum Gasteiger partial charge on any atom is 0.0914 e. The van der Waals surface area contributed by atoms with Gasteiger partial charge in [0, 0.05) is 19.7 Å². The minimum absolute atomic E-state index is 0.384. The zero-order chi connectivity index (χ0) is 13.0. The molecule has 1 fully saturated rings. The molecule has 0 saturated heterocycles. The SMILES string of the molecule is COCC(NCC(O)c1ccc(C)cc1)C1CC1. The predicted molar refractivity (Wildman–Crippen MR) is 72.5 cm³/mol. The van der Waals surface area contributed by atoms with Gasteiger partial charge in [0.1, 0.15) is 0 Å². The molecule has 3 heteroatoms. The van der Waals surface area contributed by atoms with Crippen LogP contribution in [-0.2, 0) is 4.74 Å². The van der Waals surface area contributed by atoms with Crippen molar-refractivity contribution in [2.24, 2.45) is 5.92 Å². The molecule has 3 nitrogen and oxygen atoms in total. The number of hydrogen-bond acceptors (Lipinski definition) is 3. The molecule has 0 amide bonds. The monoisotopic (exact) mass is 249 g/mol. The third-order valence-electron chi connectivity index (χ3n) is 3.57. The van der Waals surface area contributed by atoms with Gasteiger partial charge < -0.3 is 15.2 Å². The first-order chi connectivity index (χ1) is 8.70. The van der Waals surface area contributed by atoms with E-state index in [0.717, 1.165) is 18.1 Å². The first-order valence-corrected chi connectivity index (χ1v) is 6.67. The molecule has 1 aliphatic carbocycles. The largest absolute Gasteiger partial charge is 0.387 e. The van der Waals surface area contributed by atoms with Crippen LogP contribution in [0.4, 0.5) is 0 Å². The second kappa shape index (κ2) is 6.32. The number of aryl methyl sites for hydroxylation is 1. The maximum atomic E-state index is 10.1. The zero-order valence-corrected chi connectivity index (χ0v) is 11.2. The topological polar surface area (TPSA) is 41.5 Å². The number of rotatable bonds is 7. The van der Waals surface area contributed by atoms with Crippen molar-refractivity contribution in [2.75, 3.05) is 20.3 Å². The summed E-state index contributed by atoms with van der Waals surface area (Å²) in [6.45, 7) is 3.37. The molecule has 2 N–H and O–H groups in total. The van der Waals surface area contributed by atoms with Gasteiger partial charge in [-0.2, -0.15) is 0 Å². The molecule has 1 aromatic rings. The normalized spacial score (nSPS) is 18.6. The van der Waals surface area contributed by atoms with E-state index in [1.807, 2.05) is 24.3 Å². The van der Waals surface area contributed by atoms with E-state index in [0.29, 0.717) is 12.6 Å². The second-order valence-corrected chi connectivity index (χ2v) is 5.23. The van der Waals surface area contributed by atoms with Crippen LogP contribution >= 0.6 is 0 Å². The molecule has 2 rings (SSSR count). The van der Waals surface area contributed by atoms with E-state index in [9.17, 15) is 5.11 Å². The van der Waals surface area contributed by atoms with Crippen LogP contribution < -0.4 is 5.32 Å². The number of benzene rings is 1. The number of aliphatic hydroxyl groups is 1. The van der Waals surface area contributed by atoms with Crippen LogP contribution in [0.2, 0.25) is 0 Å². The number of ether oxygens (including phenoxy) is 1. The lowest BCUT2D eigenvalue weighted by Gasteiger charge is -2.20. The Kier molecular flexibility index (Phi) is 4.75. The number of hydrogen-bond donors (Lipinski definition) is 2. The van der Waals surface area contributed by atoms with Crippen LogP contribution in [-0.4, -0.2) is 31.4 Å². The molecule has 0 spiro atoms. The quantitative estimate of drug-likeness (QED) is 0.777. The van der Waals surface area contributed by atoms with Crippen molar-refractivity contribution >= 4 is 0 Å². The fourth-order valence-electron chi connectivity index (χ4n) is 2.21. The average Bonchev–Trinajstić information content (AvgIpc) is 3.19.